The molecular formula is C31H32N6O4. The van der Waals surface area contributed by atoms with Crippen LogP contribution in [0.1, 0.15) is 58.0 Å². The van der Waals surface area contributed by atoms with E-state index in [9.17, 15) is 9.90 Å². The second kappa shape index (κ2) is 10.0. The Balaban J connectivity index is 1.43. The number of likely N-dealkylation sites (tertiary alicyclic amines) is 1. The van der Waals surface area contributed by atoms with Crippen molar-refractivity contribution in [1.82, 2.24) is 25.0 Å². The number of aliphatic hydroxyl groups is 1. The van der Waals surface area contributed by atoms with E-state index in [2.05, 4.69) is 39.4 Å². The molecule has 4 unspecified atom stereocenters. The van der Waals surface area contributed by atoms with Crippen LogP contribution in [-0.2, 0) is 4.74 Å². The summed E-state index contributed by atoms with van der Waals surface area (Å²) in [5.74, 6) is 0.428. The van der Waals surface area contributed by atoms with Crippen LogP contribution in [0, 0.1) is 19.8 Å². The molecule has 7 rings (SSSR count). The van der Waals surface area contributed by atoms with Gasteiger partial charge in [0.05, 0.1) is 23.6 Å². The highest BCUT2D eigenvalue weighted by molar-refractivity contribution is 6.01. The Hall–Kier alpha value is -4.15. The third-order valence-electron chi connectivity index (χ3n) is 8.68. The normalized spacial score (nSPS) is 25.5. The van der Waals surface area contributed by atoms with Crippen molar-refractivity contribution in [2.75, 3.05) is 20.2 Å². The minimum absolute atomic E-state index is 0.0115. The van der Waals surface area contributed by atoms with Gasteiger partial charge in [0.2, 0.25) is 5.82 Å². The number of hydrogen-bond donors (Lipinski definition) is 2. The van der Waals surface area contributed by atoms with Gasteiger partial charge >= 0.3 is 0 Å². The molecule has 0 radical (unpaired) electrons. The van der Waals surface area contributed by atoms with Crippen molar-refractivity contribution >= 4 is 34.8 Å². The zero-order valence-corrected chi connectivity index (χ0v) is 23.2. The summed E-state index contributed by atoms with van der Waals surface area (Å²) in [6.45, 7) is 4.81. The molecule has 3 aromatic heterocycles. The van der Waals surface area contributed by atoms with Gasteiger partial charge in [0.15, 0.2) is 0 Å². The molecule has 1 amide bonds. The Morgan fingerprint density at radius 2 is 1.93 bits per heavy atom. The fourth-order valence-corrected chi connectivity index (χ4v) is 6.57. The van der Waals surface area contributed by atoms with Gasteiger partial charge in [0, 0.05) is 71.4 Å². The molecular weight excluding hydrogens is 520 g/mol. The average molecular weight is 553 g/mol. The number of aromatic nitrogens is 4. The fraction of sp³-hybridized carbons (Fsp3) is 0.387. The maximum Gasteiger partial charge on any atom is 0.291 e. The molecule has 2 N–H and O–H groups in total. The number of piperidine rings is 1. The third-order valence-corrected chi connectivity index (χ3v) is 8.68. The zero-order valence-electron chi connectivity index (χ0n) is 23.2. The molecule has 10 nitrogen and oxygen atoms in total. The third kappa shape index (κ3) is 4.29. The van der Waals surface area contributed by atoms with E-state index in [-0.39, 0.29) is 41.7 Å². The van der Waals surface area contributed by atoms with Crippen LogP contribution in [0.5, 0.6) is 0 Å². The SMILES string of the molecule is COC1C=c2c([nH]c3nc(C(=O)N4CCC(O)CC4)nc(C4C=CN=C5C=CC=CC54)c23)=CC1c1c(C)noc1C. The lowest BCUT2D eigenvalue weighted by atomic mass is 9.80. The number of amides is 1. The number of rotatable bonds is 4. The van der Waals surface area contributed by atoms with Crippen molar-refractivity contribution in [1.29, 1.82) is 0 Å². The highest BCUT2D eigenvalue weighted by Crippen LogP contribution is 2.36. The second-order valence-corrected chi connectivity index (χ2v) is 11.1. The fourth-order valence-electron chi connectivity index (χ4n) is 6.57. The van der Waals surface area contributed by atoms with Gasteiger partial charge in [-0.05, 0) is 44.9 Å². The van der Waals surface area contributed by atoms with Crippen LogP contribution in [0.25, 0.3) is 23.2 Å². The first-order valence-corrected chi connectivity index (χ1v) is 14.1. The number of fused-ring (bicyclic) bond motifs is 4. The first-order chi connectivity index (χ1) is 19.9. The first kappa shape index (κ1) is 25.8. The Morgan fingerprint density at radius 1 is 1.10 bits per heavy atom. The van der Waals surface area contributed by atoms with Crippen molar-refractivity contribution in [3.63, 3.8) is 0 Å². The number of aliphatic imine (C=N–C) groups is 1. The average Bonchev–Trinajstić information content (AvgIpc) is 3.53. The summed E-state index contributed by atoms with van der Waals surface area (Å²) in [4.78, 5) is 33.3. The Kier molecular flexibility index (Phi) is 6.32. The lowest BCUT2D eigenvalue weighted by Gasteiger charge is -2.30. The van der Waals surface area contributed by atoms with E-state index in [1.807, 2.05) is 38.3 Å². The largest absolute Gasteiger partial charge is 0.393 e. The van der Waals surface area contributed by atoms with Crippen molar-refractivity contribution in [2.24, 2.45) is 10.9 Å². The number of aromatic amines is 1. The molecule has 41 heavy (non-hydrogen) atoms. The molecule has 5 heterocycles. The van der Waals surface area contributed by atoms with Crippen LogP contribution in [0.4, 0.5) is 0 Å². The number of H-pyrrole nitrogens is 1. The van der Waals surface area contributed by atoms with E-state index in [4.69, 9.17) is 19.2 Å². The van der Waals surface area contributed by atoms with Crippen LogP contribution >= 0.6 is 0 Å². The Labute approximate surface area is 236 Å². The molecule has 2 aliphatic carbocycles. The van der Waals surface area contributed by atoms with Crippen LogP contribution in [0.2, 0.25) is 0 Å². The summed E-state index contributed by atoms with van der Waals surface area (Å²) in [6, 6.07) is 0. The summed E-state index contributed by atoms with van der Waals surface area (Å²) < 4.78 is 11.5. The minimum Gasteiger partial charge on any atom is -0.393 e. The Morgan fingerprint density at radius 3 is 2.68 bits per heavy atom. The van der Waals surface area contributed by atoms with E-state index < -0.39 is 0 Å². The van der Waals surface area contributed by atoms with Gasteiger partial charge < -0.3 is 24.3 Å². The summed E-state index contributed by atoms with van der Waals surface area (Å²) >= 11 is 0. The molecule has 4 atom stereocenters. The van der Waals surface area contributed by atoms with Crippen molar-refractivity contribution < 1.29 is 19.2 Å². The lowest BCUT2D eigenvalue weighted by molar-refractivity contribution is 0.0536. The van der Waals surface area contributed by atoms with Crippen molar-refractivity contribution in [3.05, 3.63) is 75.7 Å². The summed E-state index contributed by atoms with van der Waals surface area (Å²) in [5, 5.41) is 16.9. The lowest BCUT2D eigenvalue weighted by Crippen LogP contribution is -2.41. The zero-order chi connectivity index (χ0) is 28.2. The number of aliphatic hydroxyl groups excluding tert-OH is 1. The standard InChI is InChI=1S/C31H32N6O4/c1-16-26(17(2)41-36-16)22-14-24-21(15-25(22)40-3)27-28(20-8-11-32-23-7-5-4-6-19(20)23)34-30(35-29(27)33-24)31(39)37-12-9-18(38)10-13-37/h4-8,11,14-15,18-20,22,25,38H,9-10,12-13H2,1-3H3,(H,33,34,35). The molecule has 210 valence electrons. The molecule has 10 heteroatoms. The topological polar surface area (TPSA) is 130 Å². The van der Waals surface area contributed by atoms with Gasteiger partial charge in [0.25, 0.3) is 5.91 Å². The van der Waals surface area contributed by atoms with E-state index in [0.717, 1.165) is 44.4 Å². The van der Waals surface area contributed by atoms with E-state index in [0.29, 0.717) is 31.6 Å². The monoisotopic (exact) mass is 552 g/mol. The summed E-state index contributed by atoms with van der Waals surface area (Å²) in [5.41, 5.74) is 4.17. The predicted octanol–water partition coefficient (Wildman–Crippen LogP) is 2.33. The molecule has 0 bridgehead atoms. The molecule has 1 fully saturated rings. The van der Waals surface area contributed by atoms with E-state index in [1.54, 1.807) is 12.0 Å². The number of hydrogen-bond acceptors (Lipinski definition) is 8. The van der Waals surface area contributed by atoms with Crippen molar-refractivity contribution in [2.45, 2.75) is 50.7 Å². The number of carbonyl (C=O) groups excluding carboxylic acids is 1. The maximum absolute atomic E-state index is 13.7. The van der Waals surface area contributed by atoms with Gasteiger partial charge in [-0.25, -0.2) is 9.97 Å². The van der Waals surface area contributed by atoms with Crippen LogP contribution < -0.4 is 10.6 Å². The number of allylic oxidation sites excluding steroid dienone is 5. The predicted molar refractivity (Wildman–Crippen MR) is 154 cm³/mol. The summed E-state index contributed by atoms with van der Waals surface area (Å²) in [6.07, 6.45) is 16.8. The smallest absolute Gasteiger partial charge is 0.291 e. The first-order valence-electron chi connectivity index (χ1n) is 14.1. The highest BCUT2D eigenvalue weighted by Gasteiger charge is 2.34. The minimum atomic E-state index is -0.380. The number of methoxy groups -OCH3 is 1. The number of ether oxygens (including phenoxy) is 1. The van der Waals surface area contributed by atoms with Gasteiger partial charge in [-0.3, -0.25) is 9.79 Å². The van der Waals surface area contributed by atoms with E-state index >= 15 is 0 Å². The maximum atomic E-state index is 13.7. The quantitative estimate of drug-likeness (QED) is 0.508. The molecule has 3 aromatic rings. The van der Waals surface area contributed by atoms with E-state index in [1.165, 1.54) is 0 Å². The number of aryl methyl sites for hydroxylation is 2. The van der Waals surface area contributed by atoms with Gasteiger partial charge in [-0.1, -0.05) is 29.5 Å². The number of carbonyl (C=O) groups is 1. The van der Waals surface area contributed by atoms with Crippen LogP contribution in [-0.4, -0.2) is 74.1 Å². The molecule has 4 aliphatic rings. The number of nitrogens with zero attached hydrogens (tertiary/aromatic N) is 5. The van der Waals surface area contributed by atoms with Gasteiger partial charge in [0.1, 0.15) is 11.4 Å². The Bertz CT molecular complexity index is 1770. The van der Waals surface area contributed by atoms with Gasteiger partial charge in [-0.2, -0.15) is 0 Å². The van der Waals surface area contributed by atoms with Crippen LogP contribution in [0.3, 0.4) is 0 Å². The molecule has 0 saturated carbocycles. The van der Waals surface area contributed by atoms with Crippen molar-refractivity contribution in [3.8, 4) is 0 Å². The second-order valence-electron chi connectivity index (χ2n) is 11.1. The highest BCUT2D eigenvalue weighted by atomic mass is 16.5. The number of nitrogens with one attached hydrogen (secondary N) is 1. The molecule has 1 saturated heterocycles. The summed E-state index contributed by atoms with van der Waals surface area (Å²) in [7, 11) is 1.70. The van der Waals surface area contributed by atoms with Crippen LogP contribution in [0.15, 0.2) is 46.1 Å². The molecule has 2 aliphatic heterocycles. The molecule has 0 spiro atoms. The van der Waals surface area contributed by atoms with Gasteiger partial charge in [-0.15, -0.1) is 0 Å². The molecule has 0 aromatic carbocycles.